The molecule has 122 valence electrons. The Morgan fingerprint density at radius 2 is 2.13 bits per heavy atom. The Morgan fingerprint density at radius 1 is 1.43 bits per heavy atom. The number of methoxy groups -OCH3 is 1. The third-order valence-electron chi connectivity index (χ3n) is 3.36. The van der Waals surface area contributed by atoms with Crippen molar-refractivity contribution < 1.29 is 24.4 Å². The molecule has 0 aliphatic rings. The molecule has 0 saturated carbocycles. The second-order valence-corrected chi connectivity index (χ2v) is 4.84. The smallest absolute Gasteiger partial charge is 0.352 e. The number of carbonyl (C=O) groups is 2. The second kappa shape index (κ2) is 6.34. The fourth-order valence-electron chi connectivity index (χ4n) is 2.37. The summed E-state index contributed by atoms with van der Waals surface area (Å²) in [4.78, 5) is 35.5. The van der Waals surface area contributed by atoms with E-state index in [9.17, 15) is 24.8 Å². The van der Waals surface area contributed by atoms with Gasteiger partial charge in [-0.1, -0.05) is 0 Å². The number of benzene rings is 1. The Bertz CT molecular complexity index is 795. The number of non-ortho nitro benzene ring substituents is 1. The fraction of sp³-hybridized carbons (Fsp3) is 0.286. The standard InChI is InChI=1S/C14H15N3O6/c1-7(18)15-4-3-9-10-5-8(23-2)6-11(17(21)22)12(10)16-13(9)14(19)20/h5-6,16H,3-4H2,1-2H3,(H,15,18)(H,19,20). The van der Waals surface area contributed by atoms with Crippen LogP contribution in [-0.2, 0) is 11.2 Å². The van der Waals surface area contributed by atoms with Crippen molar-refractivity contribution >= 4 is 28.5 Å². The molecule has 2 rings (SSSR count). The molecule has 2 aromatic rings. The number of nitro groups is 1. The van der Waals surface area contributed by atoms with E-state index in [1.165, 1.54) is 26.2 Å². The van der Waals surface area contributed by atoms with E-state index in [2.05, 4.69) is 10.3 Å². The molecule has 3 N–H and O–H groups in total. The van der Waals surface area contributed by atoms with Crippen molar-refractivity contribution in [2.75, 3.05) is 13.7 Å². The molecule has 0 fully saturated rings. The molecule has 9 nitrogen and oxygen atoms in total. The van der Waals surface area contributed by atoms with Crippen LogP contribution in [0.3, 0.4) is 0 Å². The average molecular weight is 321 g/mol. The zero-order chi connectivity index (χ0) is 17.1. The number of nitrogens with one attached hydrogen (secondary N) is 2. The van der Waals surface area contributed by atoms with E-state index in [-0.39, 0.29) is 41.5 Å². The molecule has 1 heterocycles. The summed E-state index contributed by atoms with van der Waals surface area (Å²) >= 11 is 0. The molecule has 0 atom stereocenters. The van der Waals surface area contributed by atoms with Gasteiger partial charge in [-0.3, -0.25) is 14.9 Å². The molecular formula is C14H15N3O6. The van der Waals surface area contributed by atoms with Crippen LogP contribution < -0.4 is 10.1 Å². The van der Waals surface area contributed by atoms with Crippen molar-refractivity contribution in [1.82, 2.24) is 10.3 Å². The largest absolute Gasteiger partial charge is 0.496 e. The van der Waals surface area contributed by atoms with Crippen molar-refractivity contribution in [2.24, 2.45) is 0 Å². The molecule has 0 spiro atoms. The second-order valence-electron chi connectivity index (χ2n) is 4.84. The lowest BCUT2D eigenvalue weighted by atomic mass is 10.1. The number of aromatic carboxylic acids is 1. The zero-order valence-electron chi connectivity index (χ0n) is 12.5. The number of ether oxygens (including phenoxy) is 1. The summed E-state index contributed by atoms with van der Waals surface area (Å²) in [7, 11) is 1.37. The van der Waals surface area contributed by atoms with Crippen LogP contribution in [0.4, 0.5) is 5.69 Å². The van der Waals surface area contributed by atoms with Crippen LogP contribution >= 0.6 is 0 Å². The van der Waals surface area contributed by atoms with Gasteiger partial charge in [-0.15, -0.1) is 0 Å². The van der Waals surface area contributed by atoms with Crippen molar-refractivity contribution in [3.8, 4) is 5.75 Å². The third-order valence-corrected chi connectivity index (χ3v) is 3.36. The van der Waals surface area contributed by atoms with Crippen molar-refractivity contribution in [2.45, 2.75) is 13.3 Å². The highest BCUT2D eigenvalue weighted by Crippen LogP contribution is 2.34. The first kappa shape index (κ1) is 16.3. The lowest BCUT2D eigenvalue weighted by Crippen LogP contribution is -2.22. The number of nitrogens with zero attached hydrogens (tertiary/aromatic N) is 1. The molecule has 23 heavy (non-hydrogen) atoms. The van der Waals surface area contributed by atoms with Gasteiger partial charge < -0.3 is 20.1 Å². The molecule has 0 bridgehead atoms. The van der Waals surface area contributed by atoms with Crippen LogP contribution in [0.15, 0.2) is 12.1 Å². The van der Waals surface area contributed by atoms with Crippen LogP contribution in [0.1, 0.15) is 23.0 Å². The molecule has 1 aromatic heterocycles. The summed E-state index contributed by atoms with van der Waals surface area (Å²) < 4.78 is 5.05. The normalized spacial score (nSPS) is 10.5. The maximum absolute atomic E-state index is 11.4. The first-order valence-corrected chi connectivity index (χ1v) is 6.69. The highest BCUT2D eigenvalue weighted by atomic mass is 16.6. The number of amides is 1. The summed E-state index contributed by atoms with van der Waals surface area (Å²) in [5, 5.41) is 23.5. The van der Waals surface area contributed by atoms with E-state index in [0.717, 1.165) is 0 Å². The van der Waals surface area contributed by atoms with Crippen LogP contribution in [-0.4, -0.2) is 40.5 Å². The maximum Gasteiger partial charge on any atom is 0.352 e. The Labute approximate surface area is 130 Å². The number of rotatable bonds is 6. The zero-order valence-corrected chi connectivity index (χ0v) is 12.5. The summed E-state index contributed by atoms with van der Waals surface area (Å²) in [6, 6.07) is 2.76. The van der Waals surface area contributed by atoms with Gasteiger partial charge in [-0.2, -0.15) is 0 Å². The van der Waals surface area contributed by atoms with E-state index >= 15 is 0 Å². The van der Waals surface area contributed by atoms with E-state index < -0.39 is 10.9 Å². The Hall–Kier alpha value is -3.10. The number of fused-ring (bicyclic) bond motifs is 1. The molecule has 0 aliphatic carbocycles. The molecule has 0 saturated heterocycles. The van der Waals surface area contributed by atoms with Gasteiger partial charge in [0.15, 0.2) is 0 Å². The van der Waals surface area contributed by atoms with E-state index in [1.54, 1.807) is 0 Å². The topological polar surface area (TPSA) is 135 Å². The number of nitro benzene ring substituents is 1. The highest BCUT2D eigenvalue weighted by molar-refractivity contribution is 6.01. The van der Waals surface area contributed by atoms with Crippen LogP contribution in [0, 0.1) is 10.1 Å². The van der Waals surface area contributed by atoms with Crippen LogP contribution in [0.25, 0.3) is 10.9 Å². The van der Waals surface area contributed by atoms with Gasteiger partial charge in [0.2, 0.25) is 5.91 Å². The first-order valence-electron chi connectivity index (χ1n) is 6.69. The quantitative estimate of drug-likeness (QED) is 0.544. The summed E-state index contributed by atoms with van der Waals surface area (Å²) in [6.45, 7) is 1.56. The minimum absolute atomic E-state index is 0.117. The molecule has 0 radical (unpaired) electrons. The van der Waals surface area contributed by atoms with Crippen LogP contribution in [0.2, 0.25) is 0 Å². The first-order chi connectivity index (χ1) is 10.8. The number of carbonyl (C=O) groups excluding carboxylic acids is 1. The van der Waals surface area contributed by atoms with Gasteiger partial charge in [-0.05, 0) is 18.1 Å². The van der Waals surface area contributed by atoms with Gasteiger partial charge in [0, 0.05) is 18.9 Å². The number of aromatic amines is 1. The number of H-pyrrole nitrogens is 1. The number of aromatic nitrogens is 1. The highest BCUT2D eigenvalue weighted by Gasteiger charge is 2.24. The number of carboxylic acids is 1. The molecular weight excluding hydrogens is 306 g/mol. The van der Waals surface area contributed by atoms with Gasteiger partial charge in [0.05, 0.1) is 18.1 Å². The monoisotopic (exact) mass is 321 g/mol. The predicted octanol–water partition coefficient (Wildman–Crippen LogP) is 1.46. The lowest BCUT2D eigenvalue weighted by molar-refractivity contribution is -0.383. The molecule has 1 amide bonds. The predicted molar refractivity (Wildman–Crippen MR) is 80.9 cm³/mol. The SMILES string of the molecule is COc1cc([N+](=O)[O-])c2[nH]c(C(=O)O)c(CCNC(C)=O)c2c1. The van der Waals surface area contributed by atoms with E-state index in [4.69, 9.17) is 4.74 Å². The Balaban J connectivity index is 2.63. The van der Waals surface area contributed by atoms with E-state index in [1.807, 2.05) is 0 Å². The third kappa shape index (κ3) is 3.23. The number of hydrogen-bond acceptors (Lipinski definition) is 5. The minimum Gasteiger partial charge on any atom is -0.496 e. The van der Waals surface area contributed by atoms with E-state index in [0.29, 0.717) is 10.9 Å². The molecule has 0 unspecified atom stereocenters. The number of carboxylic acid groups (broad SMARTS) is 1. The Morgan fingerprint density at radius 3 is 2.65 bits per heavy atom. The Kier molecular flexibility index (Phi) is 4.49. The minimum atomic E-state index is -1.23. The van der Waals surface area contributed by atoms with Crippen LogP contribution in [0.5, 0.6) is 5.75 Å². The van der Waals surface area contributed by atoms with Gasteiger partial charge in [0.1, 0.15) is 17.0 Å². The summed E-state index contributed by atoms with van der Waals surface area (Å²) in [6.07, 6.45) is 0.214. The number of hydrogen-bond donors (Lipinski definition) is 3. The van der Waals surface area contributed by atoms with Crippen molar-refractivity contribution in [3.63, 3.8) is 0 Å². The lowest BCUT2D eigenvalue weighted by Gasteiger charge is -2.04. The van der Waals surface area contributed by atoms with Gasteiger partial charge in [-0.25, -0.2) is 4.79 Å². The van der Waals surface area contributed by atoms with Crippen molar-refractivity contribution in [1.29, 1.82) is 0 Å². The fourth-order valence-corrected chi connectivity index (χ4v) is 2.37. The van der Waals surface area contributed by atoms with Gasteiger partial charge >= 0.3 is 5.97 Å². The summed E-state index contributed by atoms with van der Waals surface area (Å²) in [5.74, 6) is -1.22. The maximum atomic E-state index is 11.4. The van der Waals surface area contributed by atoms with Crippen molar-refractivity contribution in [3.05, 3.63) is 33.5 Å². The molecule has 9 heteroatoms. The average Bonchev–Trinajstić information content (AvgIpc) is 2.84. The van der Waals surface area contributed by atoms with Gasteiger partial charge in [0.25, 0.3) is 5.69 Å². The molecule has 0 aliphatic heterocycles. The molecule has 1 aromatic carbocycles. The summed E-state index contributed by atoms with van der Waals surface area (Å²) in [5.41, 5.74) is 0.0867.